The van der Waals surface area contributed by atoms with Crippen molar-refractivity contribution in [1.29, 1.82) is 0 Å². The van der Waals surface area contributed by atoms with Crippen LogP contribution in [0, 0.1) is 0 Å². The third kappa shape index (κ3) is 4.29. The summed E-state index contributed by atoms with van der Waals surface area (Å²) >= 11 is 12.4. The van der Waals surface area contributed by atoms with Crippen LogP contribution in [-0.2, 0) is 17.9 Å². The summed E-state index contributed by atoms with van der Waals surface area (Å²) in [6.45, 7) is 3.39. The van der Waals surface area contributed by atoms with Crippen molar-refractivity contribution >= 4 is 40.1 Å². The molecule has 2 aromatic carbocycles. The number of carbonyl (C=O) groups excluding carboxylic acids is 1. The van der Waals surface area contributed by atoms with E-state index in [0.717, 1.165) is 18.7 Å². The van der Waals surface area contributed by atoms with Gasteiger partial charge in [-0.25, -0.2) is 4.98 Å². The lowest BCUT2D eigenvalue weighted by Crippen LogP contribution is -2.49. The van der Waals surface area contributed by atoms with Crippen LogP contribution in [0.1, 0.15) is 5.56 Å². The fourth-order valence-corrected chi connectivity index (χ4v) is 3.96. The van der Waals surface area contributed by atoms with E-state index in [1.165, 1.54) is 10.8 Å². The quantitative estimate of drug-likeness (QED) is 0.637. The van der Waals surface area contributed by atoms with E-state index in [2.05, 4.69) is 9.88 Å². The van der Waals surface area contributed by atoms with Crippen LogP contribution in [0.5, 0.6) is 0 Å². The van der Waals surface area contributed by atoms with E-state index >= 15 is 0 Å². The van der Waals surface area contributed by atoms with Crippen molar-refractivity contribution in [3.05, 3.63) is 74.6 Å². The summed E-state index contributed by atoms with van der Waals surface area (Å²) in [6.07, 6.45) is 1.27. The molecule has 0 atom stereocenters. The first-order chi connectivity index (χ1) is 14.0. The van der Waals surface area contributed by atoms with Gasteiger partial charge in [0.1, 0.15) is 6.54 Å². The molecular weight excluding hydrogens is 411 g/mol. The van der Waals surface area contributed by atoms with Gasteiger partial charge in [0.15, 0.2) is 0 Å². The number of amides is 1. The topological polar surface area (TPSA) is 58.4 Å². The Bertz CT molecular complexity index is 1110. The van der Waals surface area contributed by atoms with Gasteiger partial charge in [-0.05, 0) is 23.8 Å². The molecule has 1 aliphatic heterocycles. The standard InChI is InChI=1S/C21H20Cl2N4O2/c22-16-5-3-4-15(21(16)23)13-25-8-10-26(11-9-25)20(29)14-27-18-7-2-1-6-17(18)24-12-19(27)28/h1-7,12H,8-11,13-14H2. The zero-order valence-electron chi connectivity index (χ0n) is 15.7. The minimum atomic E-state index is -0.272. The minimum Gasteiger partial charge on any atom is -0.339 e. The third-order valence-electron chi connectivity index (χ3n) is 5.20. The lowest BCUT2D eigenvalue weighted by Gasteiger charge is -2.35. The maximum atomic E-state index is 12.8. The first-order valence-electron chi connectivity index (χ1n) is 9.40. The third-order valence-corrected chi connectivity index (χ3v) is 6.05. The van der Waals surface area contributed by atoms with Crippen LogP contribution in [-0.4, -0.2) is 51.4 Å². The Kier molecular flexibility index (Phi) is 5.85. The highest BCUT2D eigenvalue weighted by Gasteiger charge is 2.22. The number of piperazine rings is 1. The van der Waals surface area contributed by atoms with E-state index < -0.39 is 0 Å². The monoisotopic (exact) mass is 430 g/mol. The molecule has 2 heterocycles. The molecule has 0 saturated carbocycles. The van der Waals surface area contributed by atoms with Gasteiger partial charge in [-0.1, -0.05) is 47.5 Å². The van der Waals surface area contributed by atoms with Crippen LogP contribution < -0.4 is 5.56 Å². The molecule has 0 unspecified atom stereocenters. The molecule has 1 fully saturated rings. The van der Waals surface area contributed by atoms with Crippen LogP contribution in [0.4, 0.5) is 0 Å². The molecule has 150 valence electrons. The summed E-state index contributed by atoms with van der Waals surface area (Å²) in [5.41, 5.74) is 2.07. The molecule has 4 rings (SSSR count). The van der Waals surface area contributed by atoms with Crippen LogP contribution >= 0.6 is 23.2 Å². The van der Waals surface area contributed by atoms with Gasteiger partial charge in [0.2, 0.25) is 5.91 Å². The number of fused-ring (bicyclic) bond motifs is 1. The molecule has 29 heavy (non-hydrogen) atoms. The van der Waals surface area contributed by atoms with Gasteiger partial charge < -0.3 is 4.90 Å². The summed E-state index contributed by atoms with van der Waals surface area (Å²) in [5, 5.41) is 1.13. The number of hydrogen-bond acceptors (Lipinski definition) is 4. The van der Waals surface area contributed by atoms with Gasteiger partial charge in [-0.15, -0.1) is 0 Å². The summed E-state index contributed by atoms with van der Waals surface area (Å²) in [5.74, 6) is -0.0658. The number of halogens is 2. The molecule has 1 aliphatic rings. The van der Waals surface area contributed by atoms with Crippen LogP contribution in [0.25, 0.3) is 11.0 Å². The van der Waals surface area contributed by atoms with Gasteiger partial charge in [0.05, 0.1) is 27.3 Å². The highest BCUT2D eigenvalue weighted by atomic mass is 35.5. The zero-order chi connectivity index (χ0) is 20.4. The van der Waals surface area contributed by atoms with Crippen LogP contribution in [0.3, 0.4) is 0 Å². The van der Waals surface area contributed by atoms with Crippen molar-refractivity contribution < 1.29 is 4.79 Å². The molecule has 0 N–H and O–H groups in total. The smallest absolute Gasteiger partial charge is 0.269 e. The molecule has 6 nitrogen and oxygen atoms in total. The minimum absolute atomic E-state index is 0.0159. The van der Waals surface area contributed by atoms with Crippen LogP contribution in [0.15, 0.2) is 53.5 Å². The molecule has 1 amide bonds. The van der Waals surface area contributed by atoms with Crippen LogP contribution in [0.2, 0.25) is 10.0 Å². The van der Waals surface area contributed by atoms with E-state index in [4.69, 9.17) is 23.2 Å². The lowest BCUT2D eigenvalue weighted by atomic mass is 10.2. The van der Waals surface area contributed by atoms with Crippen molar-refractivity contribution in [1.82, 2.24) is 19.4 Å². The average molecular weight is 431 g/mol. The van der Waals surface area contributed by atoms with E-state index in [1.807, 2.05) is 36.4 Å². The number of nitrogens with zero attached hydrogens (tertiary/aromatic N) is 4. The molecule has 0 spiro atoms. The molecular formula is C21H20Cl2N4O2. The largest absolute Gasteiger partial charge is 0.339 e. The number of carbonyl (C=O) groups is 1. The first-order valence-corrected chi connectivity index (χ1v) is 10.2. The number of hydrogen-bond donors (Lipinski definition) is 0. The van der Waals surface area contributed by atoms with E-state index in [-0.39, 0.29) is 18.0 Å². The lowest BCUT2D eigenvalue weighted by molar-refractivity contribution is -0.133. The molecule has 8 heteroatoms. The van der Waals surface area contributed by atoms with Gasteiger partial charge in [0, 0.05) is 32.7 Å². The van der Waals surface area contributed by atoms with Gasteiger partial charge in [0.25, 0.3) is 5.56 Å². The zero-order valence-corrected chi connectivity index (χ0v) is 17.2. The van der Waals surface area contributed by atoms with Gasteiger partial charge in [-0.3, -0.25) is 19.1 Å². The molecule has 0 aliphatic carbocycles. The van der Waals surface area contributed by atoms with E-state index in [0.29, 0.717) is 40.7 Å². The Labute approximate surface area is 178 Å². The van der Waals surface area contributed by atoms with Crippen molar-refractivity contribution in [3.63, 3.8) is 0 Å². The van der Waals surface area contributed by atoms with Crippen molar-refractivity contribution in [3.8, 4) is 0 Å². The molecule has 1 saturated heterocycles. The Morgan fingerprint density at radius 2 is 1.76 bits per heavy atom. The number of aromatic nitrogens is 2. The first kappa shape index (κ1) is 19.9. The second kappa shape index (κ2) is 8.53. The van der Waals surface area contributed by atoms with Crippen molar-refractivity contribution in [2.75, 3.05) is 26.2 Å². The van der Waals surface area contributed by atoms with Gasteiger partial charge in [-0.2, -0.15) is 0 Å². The maximum absolute atomic E-state index is 12.8. The molecule has 0 radical (unpaired) electrons. The maximum Gasteiger partial charge on any atom is 0.269 e. The average Bonchev–Trinajstić information content (AvgIpc) is 2.74. The Morgan fingerprint density at radius 3 is 2.55 bits per heavy atom. The Balaban J connectivity index is 1.41. The SMILES string of the molecule is O=C(Cn1c(=O)cnc2ccccc21)N1CCN(Cc2cccc(Cl)c2Cl)CC1. The summed E-state index contributed by atoms with van der Waals surface area (Å²) in [7, 11) is 0. The second-order valence-corrected chi connectivity index (χ2v) is 7.83. The molecule has 3 aromatic rings. The Hall–Kier alpha value is -2.41. The Morgan fingerprint density at radius 1 is 1.00 bits per heavy atom. The fourth-order valence-electron chi connectivity index (χ4n) is 3.58. The number of rotatable bonds is 4. The predicted molar refractivity (Wildman–Crippen MR) is 114 cm³/mol. The molecule has 1 aromatic heterocycles. The summed E-state index contributed by atoms with van der Waals surface area (Å²) in [4.78, 5) is 33.3. The number of para-hydroxylation sites is 2. The number of benzene rings is 2. The van der Waals surface area contributed by atoms with Crippen molar-refractivity contribution in [2.45, 2.75) is 13.1 Å². The van der Waals surface area contributed by atoms with E-state index in [1.54, 1.807) is 11.0 Å². The molecule has 0 bridgehead atoms. The highest BCUT2D eigenvalue weighted by molar-refractivity contribution is 6.42. The highest BCUT2D eigenvalue weighted by Crippen LogP contribution is 2.26. The normalized spacial score (nSPS) is 15.0. The second-order valence-electron chi connectivity index (χ2n) is 7.04. The van der Waals surface area contributed by atoms with E-state index in [9.17, 15) is 9.59 Å². The fraction of sp³-hybridized carbons (Fsp3) is 0.286. The van der Waals surface area contributed by atoms with Gasteiger partial charge >= 0.3 is 0 Å². The predicted octanol–water partition coefficient (Wildman–Crippen LogP) is 3.05. The summed E-state index contributed by atoms with van der Waals surface area (Å²) in [6, 6.07) is 13.0. The summed E-state index contributed by atoms with van der Waals surface area (Å²) < 4.78 is 1.49. The van der Waals surface area contributed by atoms with Crippen molar-refractivity contribution in [2.24, 2.45) is 0 Å².